The molecule has 4 N–H and O–H groups in total. The summed E-state index contributed by atoms with van der Waals surface area (Å²) in [6.45, 7) is 3.74. The molecule has 0 saturated carbocycles. The van der Waals surface area contributed by atoms with Gasteiger partial charge in [-0.15, -0.1) is 0 Å². The van der Waals surface area contributed by atoms with E-state index >= 15 is 0 Å². The Kier molecular flexibility index (Phi) is 5.32. The molecule has 0 unspecified atom stereocenters. The highest BCUT2D eigenvalue weighted by Crippen LogP contribution is 2.13. The number of hydrogen-bond acceptors (Lipinski definition) is 3. The third-order valence-electron chi connectivity index (χ3n) is 2.55. The Morgan fingerprint density at radius 3 is 2.67 bits per heavy atom. The second-order valence-corrected chi connectivity index (χ2v) is 4.18. The molecule has 0 spiro atoms. The lowest BCUT2D eigenvalue weighted by molar-refractivity contribution is -0.125. The number of nitrogens with one attached hydrogen (secondary N) is 2. The molecule has 18 heavy (non-hydrogen) atoms. The third kappa shape index (κ3) is 4.55. The molecule has 0 aromatic heterocycles. The molecule has 5 heteroatoms. The average molecular weight is 249 g/mol. The Labute approximate surface area is 107 Å². The van der Waals surface area contributed by atoms with Crippen LogP contribution in [0, 0.1) is 6.92 Å². The maximum absolute atomic E-state index is 11.6. The SMILES string of the molecule is Cc1cccc([C@H](C)NC(=O)CNC(=O)CN)c1. The highest BCUT2D eigenvalue weighted by atomic mass is 16.2. The number of amides is 2. The van der Waals surface area contributed by atoms with Crippen molar-refractivity contribution in [2.75, 3.05) is 13.1 Å². The first-order valence-electron chi connectivity index (χ1n) is 5.85. The molecular formula is C13H19N3O2. The summed E-state index contributed by atoms with van der Waals surface area (Å²) in [5.41, 5.74) is 7.30. The van der Waals surface area contributed by atoms with Crippen LogP contribution in [0.4, 0.5) is 0 Å². The Morgan fingerprint density at radius 2 is 2.06 bits per heavy atom. The fraction of sp³-hybridized carbons (Fsp3) is 0.385. The first-order valence-corrected chi connectivity index (χ1v) is 5.85. The molecule has 1 aromatic rings. The molecule has 0 aliphatic rings. The summed E-state index contributed by atoms with van der Waals surface area (Å²) in [6.07, 6.45) is 0. The Morgan fingerprint density at radius 1 is 1.33 bits per heavy atom. The maximum atomic E-state index is 11.6. The molecule has 0 aliphatic carbocycles. The van der Waals surface area contributed by atoms with Crippen molar-refractivity contribution in [1.29, 1.82) is 0 Å². The van der Waals surface area contributed by atoms with Crippen molar-refractivity contribution in [3.05, 3.63) is 35.4 Å². The Bertz CT molecular complexity index is 432. The van der Waals surface area contributed by atoms with Gasteiger partial charge in [-0.2, -0.15) is 0 Å². The number of aryl methyl sites for hydroxylation is 1. The standard InChI is InChI=1S/C13H19N3O2/c1-9-4-3-5-11(6-9)10(2)16-13(18)8-15-12(17)7-14/h3-6,10H,7-8,14H2,1-2H3,(H,15,17)(H,16,18)/t10-/m0/s1. The number of carbonyl (C=O) groups excluding carboxylic acids is 2. The first-order chi connectivity index (χ1) is 8.52. The Balaban J connectivity index is 2.47. The van der Waals surface area contributed by atoms with Gasteiger partial charge in [0.1, 0.15) is 0 Å². The molecule has 0 bridgehead atoms. The summed E-state index contributed by atoms with van der Waals surface area (Å²) in [6, 6.07) is 7.83. The van der Waals surface area contributed by atoms with Crippen molar-refractivity contribution in [3.63, 3.8) is 0 Å². The third-order valence-corrected chi connectivity index (χ3v) is 2.55. The second kappa shape index (κ2) is 6.76. The highest BCUT2D eigenvalue weighted by Gasteiger charge is 2.10. The van der Waals surface area contributed by atoms with E-state index in [0.29, 0.717) is 0 Å². The van der Waals surface area contributed by atoms with Gasteiger partial charge in [0.15, 0.2) is 0 Å². The van der Waals surface area contributed by atoms with E-state index in [1.54, 1.807) is 0 Å². The zero-order valence-corrected chi connectivity index (χ0v) is 10.7. The minimum absolute atomic E-state index is 0.0494. The predicted octanol–water partition coefficient (Wildman–Crippen LogP) is 0.247. The zero-order valence-electron chi connectivity index (χ0n) is 10.7. The van der Waals surface area contributed by atoms with Crippen LogP contribution in [0.1, 0.15) is 24.1 Å². The summed E-state index contributed by atoms with van der Waals surface area (Å²) in [5.74, 6) is -0.570. The van der Waals surface area contributed by atoms with Gasteiger partial charge >= 0.3 is 0 Å². The number of hydrogen-bond donors (Lipinski definition) is 3. The fourth-order valence-electron chi connectivity index (χ4n) is 1.57. The van der Waals surface area contributed by atoms with Gasteiger partial charge in [-0.05, 0) is 19.4 Å². The van der Waals surface area contributed by atoms with E-state index in [0.717, 1.165) is 11.1 Å². The molecule has 1 atom stereocenters. The fourth-order valence-corrected chi connectivity index (χ4v) is 1.57. The van der Waals surface area contributed by atoms with E-state index in [-0.39, 0.29) is 30.9 Å². The van der Waals surface area contributed by atoms with Crippen LogP contribution in [-0.2, 0) is 9.59 Å². The zero-order chi connectivity index (χ0) is 13.5. The van der Waals surface area contributed by atoms with Gasteiger partial charge in [0.05, 0.1) is 19.1 Å². The van der Waals surface area contributed by atoms with Crippen LogP contribution in [0.5, 0.6) is 0 Å². The predicted molar refractivity (Wildman–Crippen MR) is 69.8 cm³/mol. The smallest absolute Gasteiger partial charge is 0.239 e. The number of nitrogens with two attached hydrogens (primary N) is 1. The van der Waals surface area contributed by atoms with E-state index in [2.05, 4.69) is 10.6 Å². The van der Waals surface area contributed by atoms with Crippen molar-refractivity contribution in [2.45, 2.75) is 19.9 Å². The molecule has 1 rings (SSSR count). The van der Waals surface area contributed by atoms with Gasteiger partial charge in [-0.25, -0.2) is 0 Å². The second-order valence-electron chi connectivity index (χ2n) is 4.18. The summed E-state index contributed by atoms with van der Waals surface area (Å²) in [7, 11) is 0. The van der Waals surface area contributed by atoms with Gasteiger partial charge in [0.2, 0.25) is 11.8 Å². The minimum atomic E-state index is -0.339. The molecule has 2 amide bonds. The molecular weight excluding hydrogens is 230 g/mol. The Hall–Kier alpha value is -1.88. The average Bonchev–Trinajstić information content (AvgIpc) is 2.35. The van der Waals surface area contributed by atoms with E-state index in [9.17, 15) is 9.59 Å². The van der Waals surface area contributed by atoms with E-state index < -0.39 is 0 Å². The normalized spacial score (nSPS) is 11.7. The van der Waals surface area contributed by atoms with Crippen LogP contribution in [0.2, 0.25) is 0 Å². The molecule has 0 heterocycles. The molecule has 1 aromatic carbocycles. The number of carbonyl (C=O) groups is 2. The topological polar surface area (TPSA) is 84.2 Å². The van der Waals surface area contributed by atoms with Crippen LogP contribution in [0.3, 0.4) is 0 Å². The minimum Gasteiger partial charge on any atom is -0.348 e. The summed E-state index contributed by atoms with van der Waals surface area (Å²) < 4.78 is 0. The summed E-state index contributed by atoms with van der Waals surface area (Å²) >= 11 is 0. The van der Waals surface area contributed by atoms with Crippen LogP contribution in [-0.4, -0.2) is 24.9 Å². The van der Waals surface area contributed by atoms with Crippen molar-refractivity contribution in [1.82, 2.24) is 10.6 Å². The molecule has 0 radical (unpaired) electrons. The van der Waals surface area contributed by atoms with Gasteiger partial charge in [-0.1, -0.05) is 29.8 Å². The van der Waals surface area contributed by atoms with Crippen LogP contribution in [0.25, 0.3) is 0 Å². The van der Waals surface area contributed by atoms with E-state index in [4.69, 9.17) is 5.73 Å². The first kappa shape index (κ1) is 14.2. The van der Waals surface area contributed by atoms with Gasteiger partial charge in [0.25, 0.3) is 0 Å². The van der Waals surface area contributed by atoms with Crippen molar-refractivity contribution < 1.29 is 9.59 Å². The van der Waals surface area contributed by atoms with Crippen LogP contribution in [0.15, 0.2) is 24.3 Å². The lowest BCUT2D eigenvalue weighted by Crippen LogP contribution is -2.40. The molecule has 98 valence electrons. The lowest BCUT2D eigenvalue weighted by atomic mass is 10.1. The molecule has 5 nitrogen and oxygen atoms in total. The van der Waals surface area contributed by atoms with Crippen LogP contribution >= 0.6 is 0 Å². The van der Waals surface area contributed by atoms with Gasteiger partial charge < -0.3 is 16.4 Å². The summed E-state index contributed by atoms with van der Waals surface area (Å²) in [5, 5.41) is 5.23. The number of benzene rings is 1. The van der Waals surface area contributed by atoms with Crippen molar-refractivity contribution in [3.8, 4) is 0 Å². The quantitative estimate of drug-likeness (QED) is 0.699. The molecule has 0 fully saturated rings. The van der Waals surface area contributed by atoms with E-state index in [1.807, 2.05) is 38.1 Å². The monoisotopic (exact) mass is 249 g/mol. The van der Waals surface area contributed by atoms with E-state index in [1.165, 1.54) is 0 Å². The molecule has 0 aliphatic heterocycles. The summed E-state index contributed by atoms with van der Waals surface area (Å²) in [4.78, 5) is 22.5. The highest BCUT2D eigenvalue weighted by molar-refractivity contribution is 5.85. The molecule has 0 saturated heterocycles. The number of rotatable bonds is 5. The van der Waals surface area contributed by atoms with Crippen LogP contribution < -0.4 is 16.4 Å². The maximum Gasteiger partial charge on any atom is 0.239 e. The van der Waals surface area contributed by atoms with Gasteiger partial charge in [0, 0.05) is 0 Å². The van der Waals surface area contributed by atoms with Gasteiger partial charge in [-0.3, -0.25) is 9.59 Å². The van der Waals surface area contributed by atoms with Crippen molar-refractivity contribution in [2.24, 2.45) is 5.73 Å². The largest absolute Gasteiger partial charge is 0.348 e. The van der Waals surface area contributed by atoms with Crippen molar-refractivity contribution >= 4 is 11.8 Å². The lowest BCUT2D eigenvalue weighted by Gasteiger charge is -2.15.